The fourth-order valence-corrected chi connectivity index (χ4v) is 4.25. The molecule has 1 aliphatic rings. The van der Waals surface area contributed by atoms with Crippen LogP contribution in [-0.2, 0) is 23.6 Å². The maximum absolute atomic E-state index is 13.4. The van der Waals surface area contributed by atoms with Crippen LogP contribution in [0, 0.1) is 12.7 Å². The fraction of sp³-hybridized carbons (Fsp3) is 0.375. The molecule has 6 heteroatoms. The quantitative estimate of drug-likeness (QED) is 0.849. The molecule has 0 radical (unpaired) electrons. The molecule has 0 saturated heterocycles. The van der Waals surface area contributed by atoms with E-state index in [4.69, 9.17) is 0 Å². The molecule has 1 fully saturated rings. The second-order valence-corrected chi connectivity index (χ2v) is 7.69. The molecule has 0 aliphatic heterocycles. The largest absolute Gasteiger partial charge is 0.353 e. The lowest BCUT2D eigenvalue weighted by Gasteiger charge is -2.22. The molecule has 0 unspecified atom stereocenters. The molecule has 118 valence electrons. The van der Waals surface area contributed by atoms with E-state index in [2.05, 4.69) is 0 Å². The molecule has 1 aliphatic carbocycles. The SMILES string of the molecule is Cc1cc(S(=O)(=O)N(Cc2cccn2C)C2CC2)ccc1F. The van der Waals surface area contributed by atoms with E-state index in [1.165, 1.54) is 22.5 Å². The van der Waals surface area contributed by atoms with Gasteiger partial charge in [0, 0.05) is 25.0 Å². The van der Waals surface area contributed by atoms with Crippen molar-refractivity contribution < 1.29 is 12.8 Å². The third kappa shape index (κ3) is 2.80. The van der Waals surface area contributed by atoms with Gasteiger partial charge in [0.15, 0.2) is 0 Å². The van der Waals surface area contributed by atoms with Crippen molar-refractivity contribution in [2.24, 2.45) is 7.05 Å². The number of benzene rings is 1. The molecular formula is C16H19FN2O2S. The van der Waals surface area contributed by atoms with Crippen LogP contribution in [0.5, 0.6) is 0 Å². The number of rotatable bonds is 5. The lowest BCUT2D eigenvalue weighted by atomic mass is 10.2. The molecule has 2 aromatic rings. The predicted octanol–water partition coefficient (Wildman–Crippen LogP) is 2.83. The van der Waals surface area contributed by atoms with Gasteiger partial charge in [-0.05, 0) is 55.7 Å². The van der Waals surface area contributed by atoms with Gasteiger partial charge >= 0.3 is 0 Å². The van der Waals surface area contributed by atoms with Crippen molar-refractivity contribution in [3.63, 3.8) is 0 Å². The van der Waals surface area contributed by atoms with Crippen LogP contribution in [0.1, 0.15) is 24.1 Å². The first-order valence-corrected chi connectivity index (χ1v) is 8.72. The average molecular weight is 322 g/mol. The number of aryl methyl sites for hydroxylation is 2. The highest BCUT2D eigenvalue weighted by molar-refractivity contribution is 7.89. The Bertz CT molecular complexity index is 794. The Hall–Kier alpha value is -1.66. The zero-order valence-corrected chi connectivity index (χ0v) is 13.5. The van der Waals surface area contributed by atoms with Gasteiger partial charge in [-0.25, -0.2) is 12.8 Å². The first-order chi connectivity index (χ1) is 10.4. The van der Waals surface area contributed by atoms with Gasteiger partial charge in [0.05, 0.1) is 11.4 Å². The Morgan fingerprint density at radius 1 is 1.32 bits per heavy atom. The van der Waals surface area contributed by atoms with Gasteiger partial charge in [0.25, 0.3) is 0 Å². The van der Waals surface area contributed by atoms with E-state index in [-0.39, 0.29) is 16.8 Å². The molecule has 0 bridgehead atoms. The monoisotopic (exact) mass is 322 g/mol. The highest BCUT2D eigenvalue weighted by atomic mass is 32.2. The summed E-state index contributed by atoms with van der Waals surface area (Å²) in [5.41, 5.74) is 1.28. The zero-order valence-electron chi connectivity index (χ0n) is 12.7. The van der Waals surface area contributed by atoms with Crippen molar-refractivity contribution in [3.05, 3.63) is 53.6 Å². The smallest absolute Gasteiger partial charge is 0.243 e. The molecule has 1 saturated carbocycles. The van der Waals surface area contributed by atoms with Crippen molar-refractivity contribution in [2.75, 3.05) is 0 Å². The van der Waals surface area contributed by atoms with Gasteiger partial charge in [0.2, 0.25) is 10.0 Å². The summed E-state index contributed by atoms with van der Waals surface area (Å²) >= 11 is 0. The van der Waals surface area contributed by atoms with Crippen LogP contribution in [0.3, 0.4) is 0 Å². The summed E-state index contributed by atoms with van der Waals surface area (Å²) in [5.74, 6) is -0.389. The van der Waals surface area contributed by atoms with Crippen LogP contribution in [0.4, 0.5) is 4.39 Å². The number of hydrogen-bond acceptors (Lipinski definition) is 2. The third-order valence-corrected chi connectivity index (χ3v) is 5.95. The maximum atomic E-state index is 13.4. The van der Waals surface area contributed by atoms with Gasteiger partial charge in [-0.3, -0.25) is 0 Å². The molecule has 0 atom stereocenters. The predicted molar refractivity (Wildman–Crippen MR) is 82.3 cm³/mol. The Balaban J connectivity index is 1.96. The summed E-state index contributed by atoms with van der Waals surface area (Å²) in [6.45, 7) is 1.92. The normalized spacial score (nSPS) is 15.5. The van der Waals surface area contributed by atoms with Gasteiger partial charge in [-0.2, -0.15) is 4.31 Å². The Morgan fingerprint density at radius 3 is 2.59 bits per heavy atom. The number of halogens is 1. The molecule has 0 N–H and O–H groups in total. The lowest BCUT2D eigenvalue weighted by molar-refractivity contribution is 0.390. The number of hydrogen-bond donors (Lipinski definition) is 0. The van der Waals surface area contributed by atoms with Gasteiger partial charge in [0.1, 0.15) is 5.82 Å². The van der Waals surface area contributed by atoms with Crippen LogP contribution < -0.4 is 0 Å². The topological polar surface area (TPSA) is 42.3 Å². The van der Waals surface area contributed by atoms with Crippen LogP contribution in [0.25, 0.3) is 0 Å². The van der Waals surface area contributed by atoms with Crippen LogP contribution in [0.15, 0.2) is 41.4 Å². The van der Waals surface area contributed by atoms with E-state index >= 15 is 0 Å². The third-order valence-electron chi connectivity index (χ3n) is 4.06. The first-order valence-electron chi connectivity index (χ1n) is 7.28. The van der Waals surface area contributed by atoms with Crippen molar-refractivity contribution in [3.8, 4) is 0 Å². The highest BCUT2D eigenvalue weighted by Gasteiger charge is 2.38. The Morgan fingerprint density at radius 2 is 2.05 bits per heavy atom. The van der Waals surface area contributed by atoms with E-state index in [9.17, 15) is 12.8 Å². The average Bonchev–Trinajstić information content (AvgIpc) is 3.22. The lowest BCUT2D eigenvalue weighted by Crippen LogP contribution is -2.33. The van der Waals surface area contributed by atoms with Crippen molar-refractivity contribution in [1.29, 1.82) is 0 Å². The number of nitrogens with zero attached hydrogens (tertiary/aromatic N) is 2. The van der Waals surface area contributed by atoms with Gasteiger partial charge in [-0.15, -0.1) is 0 Å². The zero-order chi connectivity index (χ0) is 15.9. The van der Waals surface area contributed by atoms with Gasteiger partial charge in [-0.1, -0.05) is 0 Å². The minimum Gasteiger partial charge on any atom is -0.353 e. The fourth-order valence-electron chi connectivity index (χ4n) is 2.51. The van der Waals surface area contributed by atoms with E-state index in [0.29, 0.717) is 12.1 Å². The molecule has 1 heterocycles. The van der Waals surface area contributed by atoms with Crippen molar-refractivity contribution in [1.82, 2.24) is 8.87 Å². The van der Waals surface area contributed by atoms with Gasteiger partial charge < -0.3 is 4.57 Å². The number of aromatic nitrogens is 1. The molecular weight excluding hydrogens is 303 g/mol. The molecule has 4 nitrogen and oxygen atoms in total. The second kappa shape index (κ2) is 5.52. The van der Waals surface area contributed by atoms with Crippen LogP contribution in [-0.4, -0.2) is 23.3 Å². The van der Waals surface area contributed by atoms with Crippen LogP contribution in [0.2, 0.25) is 0 Å². The van der Waals surface area contributed by atoms with E-state index < -0.39 is 10.0 Å². The van der Waals surface area contributed by atoms with E-state index in [1.807, 2.05) is 29.9 Å². The summed E-state index contributed by atoms with van der Waals surface area (Å²) in [6.07, 6.45) is 3.66. The molecule has 0 spiro atoms. The maximum Gasteiger partial charge on any atom is 0.243 e. The highest BCUT2D eigenvalue weighted by Crippen LogP contribution is 2.33. The molecule has 1 aromatic carbocycles. The Kier molecular flexibility index (Phi) is 3.82. The van der Waals surface area contributed by atoms with Crippen LogP contribution >= 0.6 is 0 Å². The summed E-state index contributed by atoms with van der Waals surface area (Å²) in [4.78, 5) is 0.160. The van der Waals surface area contributed by atoms with Crippen molar-refractivity contribution in [2.45, 2.75) is 37.2 Å². The molecule has 3 rings (SSSR count). The standard InChI is InChI=1S/C16H19FN2O2S/c1-12-10-15(7-8-16(12)17)22(20,21)19(13-5-6-13)11-14-4-3-9-18(14)2/h3-4,7-10,13H,5-6,11H2,1-2H3. The summed E-state index contributed by atoms with van der Waals surface area (Å²) < 4.78 is 42.7. The second-order valence-electron chi connectivity index (χ2n) is 5.80. The molecule has 1 aromatic heterocycles. The summed E-state index contributed by atoms with van der Waals surface area (Å²) in [7, 11) is -1.72. The first kappa shape index (κ1) is 15.2. The summed E-state index contributed by atoms with van der Waals surface area (Å²) in [5, 5.41) is 0. The molecule has 22 heavy (non-hydrogen) atoms. The van der Waals surface area contributed by atoms with E-state index in [1.54, 1.807) is 6.92 Å². The van der Waals surface area contributed by atoms with E-state index in [0.717, 1.165) is 18.5 Å². The minimum atomic E-state index is -3.62. The Labute approximate surface area is 130 Å². The minimum absolute atomic E-state index is 0.0465. The van der Waals surface area contributed by atoms with Crippen molar-refractivity contribution >= 4 is 10.0 Å². The summed E-state index contributed by atoms with van der Waals surface area (Å²) in [6, 6.07) is 7.83. The number of sulfonamides is 1. The molecule has 0 amide bonds.